The van der Waals surface area contributed by atoms with Crippen molar-refractivity contribution in [1.29, 1.82) is 0 Å². The number of aliphatic carboxylic acids is 1. The fraction of sp³-hybridized carbons (Fsp3) is 0.364. The minimum atomic E-state index is -0.954. The molecule has 0 spiro atoms. The van der Waals surface area contributed by atoms with Crippen LogP contribution in [0.4, 0.5) is 5.69 Å². The normalized spacial score (nSPS) is 16.2. The molecule has 1 heterocycles. The number of hydrogen-bond donors (Lipinski definition) is 2. The molecule has 3 N–H and O–H groups in total. The lowest BCUT2D eigenvalue weighted by atomic mass is 10.1. The average molecular weight is 206 g/mol. The summed E-state index contributed by atoms with van der Waals surface area (Å²) in [5, 5.41) is 8.66. The van der Waals surface area contributed by atoms with Gasteiger partial charge in [0.2, 0.25) is 0 Å². The highest BCUT2D eigenvalue weighted by Gasteiger charge is 2.17. The van der Waals surface area contributed by atoms with Crippen LogP contribution >= 0.6 is 0 Å². The molecule has 2 rings (SSSR count). The van der Waals surface area contributed by atoms with Crippen LogP contribution in [0, 0.1) is 0 Å². The first kappa shape index (κ1) is 9.98. The zero-order valence-electron chi connectivity index (χ0n) is 8.39. The van der Waals surface area contributed by atoms with Crippen LogP contribution in [0.5, 0.6) is 0 Å². The fourth-order valence-electron chi connectivity index (χ4n) is 1.49. The van der Waals surface area contributed by atoms with E-state index < -0.39 is 12.0 Å². The van der Waals surface area contributed by atoms with Crippen LogP contribution in [0.3, 0.4) is 0 Å². The standard InChI is InChI=1S/C11H14N2O2/c12-10(11(14)15)7-8-1-3-9(4-2-8)13-5-6-13/h1-4,10H,5-7,12H2,(H,14,15)/t10-/m0/s1. The second-order valence-corrected chi connectivity index (χ2v) is 3.80. The van der Waals surface area contributed by atoms with Crippen molar-refractivity contribution in [1.82, 2.24) is 0 Å². The van der Waals surface area contributed by atoms with Crippen LogP contribution < -0.4 is 10.6 Å². The van der Waals surface area contributed by atoms with Gasteiger partial charge in [0, 0.05) is 18.8 Å². The maximum Gasteiger partial charge on any atom is 0.320 e. The Morgan fingerprint density at radius 1 is 1.40 bits per heavy atom. The van der Waals surface area contributed by atoms with E-state index in [4.69, 9.17) is 10.8 Å². The third kappa shape index (κ3) is 2.47. The SMILES string of the molecule is N[C@@H](Cc1ccc(N2CC2)cc1)C(=O)O. The van der Waals surface area contributed by atoms with Gasteiger partial charge in [0.1, 0.15) is 6.04 Å². The first-order valence-corrected chi connectivity index (χ1v) is 4.99. The molecule has 1 aromatic carbocycles. The molecule has 0 unspecified atom stereocenters. The quantitative estimate of drug-likeness (QED) is 0.702. The zero-order valence-corrected chi connectivity index (χ0v) is 8.39. The molecule has 1 atom stereocenters. The molecule has 0 aliphatic carbocycles. The Kier molecular flexibility index (Phi) is 2.60. The first-order chi connectivity index (χ1) is 7.16. The highest BCUT2D eigenvalue weighted by molar-refractivity contribution is 5.73. The van der Waals surface area contributed by atoms with E-state index in [-0.39, 0.29) is 0 Å². The first-order valence-electron chi connectivity index (χ1n) is 4.99. The number of rotatable bonds is 4. The van der Waals surface area contributed by atoms with E-state index in [1.54, 1.807) is 0 Å². The predicted octanol–water partition coefficient (Wildman–Crippen LogP) is 0.461. The van der Waals surface area contributed by atoms with Crippen LogP contribution in [-0.4, -0.2) is 30.2 Å². The molecule has 4 heteroatoms. The maximum absolute atomic E-state index is 10.6. The van der Waals surface area contributed by atoms with Gasteiger partial charge in [0.25, 0.3) is 0 Å². The van der Waals surface area contributed by atoms with Crippen LogP contribution in [0.1, 0.15) is 5.56 Å². The molecule has 0 bridgehead atoms. The van der Waals surface area contributed by atoms with Crippen molar-refractivity contribution in [2.24, 2.45) is 5.73 Å². The molecule has 1 fully saturated rings. The number of benzene rings is 1. The molecule has 1 aliphatic heterocycles. The summed E-state index contributed by atoms with van der Waals surface area (Å²) in [6.45, 7) is 2.24. The van der Waals surface area contributed by atoms with Gasteiger partial charge in [-0.25, -0.2) is 0 Å². The number of nitrogens with zero attached hydrogens (tertiary/aromatic N) is 1. The van der Waals surface area contributed by atoms with E-state index in [1.165, 1.54) is 5.69 Å². The van der Waals surface area contributed by atoms with Crippen molar-refractivity contribution < 1.29 is 9.90 Å². The van der Waals surface area contributed by atoms with Gasteiger partial charge in [0.15, 0.2) is 0 Å². The molecule has 0 aromatic heterocycles. The van der Waals surface area contributed by atoms with Crippen molar-refractivity contribution in [3.8, 4) is 0 Å². The largest absolute Gasteiger partial charge is 0.480 e. The highest BCUT2D eigenvalue weighted by atomic mass is 16.4. The van der Waals surface area contributed by atoms with Crippen LogP contribution in [0.25, 0.3) is 0 Å². The summed E-state index contributed by atoms with van der Waals surface area (Å²) in [7, 11) is 0. The summed E-state index contributed by atoms with van der Waals surface area (Å²) in [5.74, 6) is -0.954. The minimum Gasteiger partial charge on any atom is -0.480 e. The van der Waals surface area contributed by atoms with Gasteiger partial charge in [-0.2, -0.15) is 0 Å². The fourth-order valence-corrected chi connectivity index (χ4v) is 1.49. The third-order valence-corrected chi connectivity index (χ3v) is 2.52. The molecule has 1 saturated heterocycles. The van der Waals surface area contributed by atoms with Crippen molar-refractivity contribution in [2.75, 3.05) is 18.0 Å². The van der Waals surface area contributed by atoms with Gasteiger partial charge in [-0.3, -0.25) is 4.79 Å². The second-order valence-electron chi connectivity index (χ2n) is 3.80. The maximum atomic E-state index is 10.6. The average Bonchev–Trinajstić information content (AvgIpc) is 3.02. The highest BCUT2D eigenvalue weighted by Crippen LogP contribution is 2.21. The zero-order chi connectivity index (χ0) is 10.8. The predicted molar refractivity (Wildman–Crippen MR) is 58.0 cm³/mol. The van der Waals surface area contributed by atoms with Crippen molar-refractivity contribution in [2.45, 2.75) is 12.5 Å². The molecule has 80 valence electrons. The molecular weight excluding hydrogens is 192 g/mol. The van der Waals surface area contributed by atoms with E-state index in [2.05, 4.69) is 4.90 Å². The van der Waals surface area contributed by atoms with E-state index in [0.717, 1.165) is 18.7 Å². The molecule has 0 amide bonds. The second kappa shape index (κ2) is 3.90. The lowest BCUT2D eigenvalue weighted by molar-refractivity contribution is -0.138. The third-order valence-electron chi connectivity index (χ3n) is 2.52. The summed E-state index contributed by atoms with van der Waals surface area (Å²) in [4.78, 5) is 12.8. The summed E-state index contributed by atoms with van der Waals surface area (Å²) >= 11 is 0. The molecule has 0 radical (unpaired) electrons. The van der Waals surface area contributed by atoms with Gasteiger partial charge < -0.3 is 15.7 Å². The van der Waals surface area contributed by atoms with Gasteiger partial charge in [0.05, 0.1) is 0 Å². The van der Waals surface area contributed by atoms with Gasteiger partial charge in [-0.05, 0) is 24.1 Å². The summed E-state index contributed by atoms with van der Waals surface area (Å²) in [5.41, 5.74) is 7.61. The number of nitrogens with two attached hydrogens (primary N) is 1. The number of hydrogen-bond acceptors (Lipinski definition) is 3. The van der Waals surface area contributed by atoms with Gasteiger partial charge in [-0.15, -0.1) is 0 Å². The van der Waals surface area contributed by atoms with E-state index in [0.29, 0.717) is 6.42 Å². The van der Waals surface area contributed by atoms with E-state index in [9.17, 15) is 4.79 Å². The van der Waals surface area contributed by atoms with Crippen LogP contribution in [-0.2, 0) is 11.2 Å². The molecule has 0 saturated carbocycles. The smallest absolute Gasteiger partial charge is 0.320 e. The molecule has 1 aliphatic rings. The Hall–Kier alpha value is -1.55. The lowest BCUT2D eigenvalue weighted by Gasteiger charge is -2.07. The molecular formula is C11H14N2O2. The Balaban J connectivity index is 2.00. The number of anilines is 1. The van der Waals surface area contributed by atoms with Crippen LogP contribution in [0.2, 0.25) is 0 Å². The van der Waals surface area contributed by atoms with Crippen molar-refractivity contribution in [3.05, 3.63) is 29.8 Å². The molecule has 15 heavy (non-hydrogen) atoms. The Morgan fingerprint density at radius 2 is 2.00 bits per heavy atom. The Bertz CT molecular complexity index is 357. The van der Waals surface area contributed by atoms with E-state index >= 15 is 0 Å². The Labute approximate surface area is 88.3 Å². The monoisotopic (exact) mass is 206 g/mol. The van der Waals surface area contributed by atoms with Crippen molar-refractivity contribution in [3.63, 3.8) is 0 Å². The number of carboxylic acids is 1. The lowest BCUT2D eigenvalue weighted by Crippen LogP contribution is -2.32. The topological polar surface area (TPSA) is 66.3 Å². The van der Waals surface area contributed by atoms with Gasteiger partial charge in [-0.1, -0.05) is 12.1 Å². The summed E-state index contributed by atoms with van der Waals surface area (Å²) < 4.78 is 0. The van der Waals surface area contributed by atoms with Crippen LogP contribution in [0.15, 0.2) is 24.3 Å². The molecule has 4 nitrogen and oxygen atoms in total. The summed E-state index contributed by atoms with van der Waals surface area (Å²) in [6.07, 6.45) is 0.385. The minimum absolute atomic E-state index is 0.385. The number of carboxylic acid groups (broad SMARTS) is 1. The van der Waals surface area contributed by atoms with Gasteiger partial charge >= 0.3 is 5.97 Å². The molecule has 1 aromatic rings. The van der Waals surface area contributed by atoms with E-state index in [1.807, 2.05) is 24.3 Å². The number of carbonyl (C=O) groups is 1. The summed E-state index contributed by atoms with van der Waals surface area (Å²) in [6, 6.07) is 7.10. The van der Waals surface area contributed by atoms with Crippen molar-refractivity contribution >= 4 is 11.7 Å². The Morgan fingerprint density at radius 3 is 2.47 bits per heavy atom.